The van der Waals surface area contributed by atoms with Crippen molar-refractivity contribution in [1.82, 2.24) is 25.1 Å². The minimum absolute atomic E-state index is 0.601. The summed E-state index contributed by atoms with van der Waals surface area (Å²) < 4.78 is 0. The molecule has 0 aliphatic heterocycles. The van der Waals surface area contributed by atoms with Crippen molar-refractivity contribution in [3.05, 3.63) is 79.4 Å². The van der Waals surface area contributed by atoms with Gasteiger partial charge in [0.15, 0.2) is 5.82 Å². The predicted octanol–water partition coefficient (Wildman–Crippen LogP) is 3.52. The quantitative estimate of drug-likeness (QED) is 0.482. The molecule has 7 nitrogen and oxygen atoms in total. The lowest BCUT2D eigenvalue weighted by Gasteiger charge is -2.12. The highest BCUT2D eigenvalue weighted by atomic mass is 15.2. The van der Waals surface area contributed by atoms with Crippen LogP contribution in [0.4, 0.5) is 11.8 Å². The highest BCUT2D eigenvalue weighted by Gasteiger charge is 2.10. The maximum absolute atomic E-state index is 4.44. The number of nitrogens with zero attached hydrogens (tertiary/aromatic N) is 5. The standard InChI is InChI=1S/C21H19N7/c1-2-5-17(6-3-1)19-15-18(16-7-11-22-12-8-16)20(28-27-19)23-13-14-26-21-24-9-4-10-25-21/h1-12,15H,13-14H2,(H,23,28)(H,24,25,26). The molecule has 0 amide bonds. The SMILES string of the molecule is c1ccc(-c2cc(-c3ccncc3)c(NCCNc3ncccn3)nn2)cc1. The first-order valence-electron chi connectivity index (χ1n) is 8.98. The zero-order valence-electron chi connectivity index (χ0n) is 15.2. The fourth-order valence-electron chi connectivity index (χ4n) is 2.77. The Bertz CT molecular complexity index is 1010. The van der Waals surface area contributed by atoms with Crippen molar-refractivity contribution < 1.29 is 0 Å². The van der Waals surface area contributed by atoms with Gasteiger partial charge in [0.25, 0.3) is 0 Å². The first-order chi connectivity index (χ1) is 13.9. The lowest BCUT2D eigenvalue weighted by atomic mass is 10.0. The Balaban J connectivity index is 1.54. The number of rotatable bonds is 7. The molecule has 0 aliphatic carbocycles. The van der Waals surface area contributed by atoms with Crippen LogP contribution in [0, 0.1) is 0 Å². The Kier molecular flexibility index (Phi) is 5.44. The van der Waals surface area contributed by atoms with E-state index in [1.807, 2.05) is 48.5 Å². The summed E-state index contributed by atoms with van der Waals surface area (Å²) in [4.78, 5) is 12.4. The van der Waals surface area contributed by atoms with Crippen LogP contribution in [-0.4, -0.2) is 38.2 Å². The molecule has 0 aliphatic rings. The van der Waals surface area contributed by atoms with E-state index in [9.17, 15) is 0 Å². The Hall–Kier alpha value is -3.87. The maximum atomic E-state index is 4.44. The van der Waals surface area contributed by atoms with Gasteiger partial charge in [-0.05, 0) is 29.8 Å². The summed E-state index contributed by atoms with van der Waals surface area (Å²) >= 11 is 0. The number of hydrogen-bond donors (Lipinski definition) is 2. The number of benzene rings is 1. The molecule has 4 aromatic rings. The molecule has 0 radical (unpaired) electrons. The molecule has 0 unspecified atom stereocenters. The fourth-order valence-corrected chi connectivity index (χ4v) is 2.77. The van der Waals surface area contributed by atoms with Gasteiger partial charge in [-0.3, -0.25) is 4.98 Å². The predicted molar refractivity (Wildman–Crippen MR) is 110 cm³/mol. The number of pyridine rings is 1. The number of aromatic nitrogens is 5. The van der Waals surface area contributed by atoms with Gasteiger partial charge in [0.1, 0.15) is 0 Å². The zero-order chi connectivity index (χ0) is 19.0. The molecule has 0 saturated heterocycles. The molecule has 0 spiro atoms. The second kappa shape index (κ2) is 8.68. The molecular formula is C21H19N7. The third-order valence-electron chi connectivity index (χ3n) is 4.12. The van der Waals surface area contributed by atoms with E-state index in [0.717, 1.165) is 28.2 Å². The van der Waals surface area contributed by atoms with Crippen molar-refractivity contribution in [2.24, 2.45) is 0 Å². The van der Waals surface area contributed by atoms with Crippen LogP contribution < -0.4 is 10.6 Å². The molecule has 4 rings (SSSR count). The molecular weight excluding hydrogens is 350 g/mol. The van der Waals surface area contributed by atoms with Gasteiger partial charge in [-0.1, -0.05) is 30.3 Å². The molecule has 0 fully saturated rings. The average Bonchev–Trinajstić information content (AvgIpc) is 2.79. The van der Waals surface area contributed by atoms with Gasteiger partial charge < -0.3 is 10.6 Å². The van der Waals surface area contributed by atoms with Crippen LogP contribution >= 0.6 is 0 Å². The fraction of sp³-hybridized carbons (Fsp3) is 0.0952. The van der Waals surface area contributed by atoms with E-state index in [0.29, 0.717) is 19.0 Å². The summed E-state index contributed by atoms with van der Waals surface area (Å²) in [6, 6.07) is 17.8. The molecule has 2 N–H and O–H groups in total. The highest BCUT2D eigenvalue weighted by molar-refractivity contribution is 5.78. The van der Waals surface area contributed by atoms with Gasteiger partial charge in [-0.2, -0.15) is 0 Å². The topological polar surface area (TPSA) is 88.5 Å². The van der Waals surface area contributed by atoms with Crippen LogP contribution in [0.15, 0.2) is 79.4 Å². The number of nitrogens with one attached hydrogen (secondary N) is 2. The highest BCUT2D eigenvalue weighted by Crippen LogP contribution is 2.29. The maximum Gasteiger partial charge on any atom is 0.222 e. The molecule has 0 atom stereocenters. The second-order valence-electron chi connectivity index (χ2n) is 6.02. The Labute approximate surface area is 162 Å². The van der Waals surface area contributed by atoms with E-state index < -0.39 is 0 Å². The van der Waals surface area contributed by atoms with Gasteiger partial charge in [0.2, 0.25) is 5.95 Å². The van der Waals surface area contributed by atoms with Gasteiger partial charge in [0, 0.05) is 49.0 Å². The van der Waals surface area contributed by atoms with Gasteiger partial charge >= 0.3 is 0 Å². The normalized spacial score (nSPS) is 10.4. The summed E-state index contributed by atoms with van der Waals surface area (Å²) in [6.45, 7) is 1.30. The summed E-state index contributed by atoms with van der Waals surface area (Å²) in [5.74, 6) is 1.32. The smallest absolute Gasteiger partial charge is 0.222 e. The van der Waals surface area contributed by atoms with E-state index in [2.05, 4.69) is 35.8 Å². The summed E-state index contributed by atoms with van der Waals surface area (Å²) in [6.07, 6.45) is 6.96. The van der Waals surface area contributed by atoms with Crippen molar-refractivity contribution in [2.75, 3.05) is 23.7 Å². The van der Waals surface area contributed by atoms with Crippen LogP contribution in [0.2, 0.25) is 0 Å². The van der Waals surface area contributed by atoms with E-state index in [4.69, 9.17) is 0 Å². The minimum atomic E-state index is 0.601. The molecule has 28 heavy (non-hydrogen) atoms. The van der Waals surface area contributed by atoms with Crippen molar-refractivity contribution in [3.63, 3.8) is 0 Å². The van der Waals surface area contributed by atoms with Gasteiger partial charge in [-0.25, -0.2) is 9.97 Å². The van der Waals surface area contributed by atoms with Crippen molar-refractivity contribution >= 4 is 11.8 Å². The lowest BCUT2D eigenvalue weighted by Crippen LogP contribution is -2.16. The van der Waals surface area contributed by atoms with Crippen molar-refractivity contribution in [1.29, 1.82) is 0 Å². The van der Waals surface area contributed by atoms with Crippen LogP contribution in [0.25, 0.3) is 22.4 Å². The lowest BCUT2D eigenvalue weighted by molar-refractivity contribution is 0.983. The molecule has 0 saturated carbocycles. The zero-order valence-corrected chi connectivity index (χ0v) is 15.2. The summed E-state index contributed by atoms with van der Waals surface area (Å²) in [5, 5.41) is 15.4. The van der Waals surface area contributed by atoms with Gasteiger partial charge in [0.05, 0.1) is 5.69 Å². The molecule has 138 valence electrons. The van der Waals surface area contributed by atoms with Crippen LogP contribution in [0.3, 0.4) is 0 Å². The van der Waals surface area contributed by atoms with E-state index in [1.165, 1.54) is 0 Å². The Morgan fingerprint density at radius 2 is 1.43 bits per heavy atom. The summed E-state index contributed by atoms with van der Waals surface area (Å²) in [5.41, 5.74) is 3.87. The van der Waals surface area contributed by atoms with Crippen molar-refractivity contribution in [3.8, 4) is 22.4 Å². The van der Waals surface area contributed by atoms with Crippen molar-refractivity contribution in [2.45, 2.75) is 0 Å². The van der Waals surface area contributed by atoms with Crippen LogP contribution in [-0.2, 0) is 0 Å². The first kappa shape index (κ1) is 17.5. The third kappa shape index (κ3) is 4.27. The first-order valence-corrected chi connectivity index (χ1v) is 8.98. The minimum Gasteiger partial charge on any atom is -0.366 e. The molecule has 3 heterocycles. The Morgan fingerprint density at radius 1 is 0.679 bits per heavy atom. The third-order valence-corrected chi connectivity index (χ3v) is 4.12. The van der Waals surface area contributed by atoms with E-state index >= 15 is 0 Å². The average molecular weight is 369 g/mol. The molecule has 7 heteroatoms. The van der Waals surface area contributed by atoms with Gasteiger partial charge in [-0.15, -0.1) is 10.2 Å². The molecule has 0 bridgehead atoms. The second-order valence-corrected chi connectivity index (χ2v) is 6.02. The number of hydrogen-bond acceptors (Lipinski definition) is 7. The van der Waals surface area contributed by atoms with Crippen LogP contribution in [0.5, 0.6) is 0 Å². The molecule has 1 aromatic carbocycles. The molecule has 3 aromatic heterocycles. The number of anilines is 2. The monoisotopic (exact) mass is 369 g/mol. The van der Waals surface area contributed by atoms with E-state index in [-0.39, 0.29) is 0 Å². The van der Waals surface area contributed by atoms with Crippen LogP contribution in [0.1, 0.15) is 0 Å². The summed E-state index contributed by atoms with van der Waals surface area (Å²) in [7, 11) is 0. The Morgan fingerprint density at radius 3 is 2.21 bits per heavy atom. The van der Waals surface area contributed by atoms with E-state index in [1.54, 1.807) is 30.9 Å². The largest absolute Gasteiger partial charge is 0.366 e.